The van der Waals surface area contributed by atoms with Gasteiger partial charge in [-0.25, -0.2) is 4.99 Å². The van der Waals surface area contributed by atoms with E-state index in [1.807, 2.05) is 0 Å². The molecule has 1 heterocycles. The first-order valence-electron chi connectivity index (χ1n) is 6.62. The molecule has 0 spiro atoms. The average molecular weight is 418 g/mol. The molecule has 2 aromatic carbocycles. The first-order valence-corrected chi connectivity index (χ1v) is 8.95. The van der Waals surface area contributed by atoms with E-state index in [-0.39, 0.29) is 5.91 Å². The summed E-state index contributed by atoms with van der Waals surface area (Å²) in [5.74, 6) is -0.255. The molecule has 1 N–H and O–H groups in total. The van der Waals surface area contributed by atoms with E-state index in [4.69, 9.17) is 46.4 Å². The first-order chi connectivity index (χ1) is 11.4. The van der Waals surface area contributed by atoms with Gasteiger partial charge >= 0.3 is 0 Å². The Kier molecular flexibility index (Phi) is 5.42. The van der Waals surface area contributed by atoms with Crippen molar-refractivity contribution in [1.82, 2.24) is 5.32 Å². The molecule has 2 aromatic rings. The minimum absolute atomic E-state index is 0.255. The summed E-state index contributed by atoms with van der Waals surface area (Å²) in [4.78, 5) is 16.9. The predicted octanol–water partition coefficient (Wildman–Crippen LogP) is 6.19. The molecule has 1 aliphatic heterocycles. The Morgan fingerprint density at radius 3 is 2.29 bits per heavy atom. The summed E-state index contributed by atoms with van der Waals surface area (Å²) in [7, 11) is 0. The largest absolute Gasteiger partial charge is 0.300 e. The minimum atomic E-state index is -0.255. The van der Waals surface area contributed by atoms with Crippen molar-refractivity contribution in [2.75, 3.05) is 0 Å². The maximum absolute atomic E-state index is 12.1. The standard InChI is InChI=1S/C16H8Cl4N2OS/c17-9-2-1-8(11(19)6-9)5-14-15(23)22-16(24-14)21-13-4-3-10(18)7-12(13)20/h1-7H,(H,21,22,23)/b14-5-. The van der Waals surface area contributed by atoms with Gasteiger partial charge in [0, 0.05) is 15.1 Å². The number of amidine groups is 1. The van der Waals surface area contributed by atoms with E-state index >= 15 is 0 Å². The number of thioether (sulfide) groups is 1. The molecule has 3 rings (SSSR count). The SMILES string of the molecule is O=C1NC(=Nc2ccc(Cl)cc2Cl)S/C1=C\c1ccc(Cl)cc1Cl. The molecule has 1 aliphatic rings. The second-order valence-electron chi connectivity index (χ2n) is 4.74. The molecule has 0 bridgehead atoms. The third-order valence-electron chi connectivity index (χ3n) is 3.03. The van der Waals surface area contributed by atoms with Gasteiger partial charge in [0.25, 0.3) is 5.91 Å². The fourth-order valence-corrected chi connectivity index (χ4v) is 3.66. The van der Waals surface area contributed by atoms with E-state index in [0.29, 0.717) is 41.4 Å². The number of carbonyl (C=O) groups is 1. The van der Waals surface area contributed by atoms with Crippen LogP contribution in [-0.4, -0.2) is 11.1 Å². The molecule has 0 aromatic heterocycles. The lowest BCUT2D eigenvalue weighted by molar-refractivity contribution is -0.115. The van der Waals surface area contributed by atoms with E-state index in [2.05, 4.69) is 10.3 Å². The van der Waals surface area contributed by atoms with Crippen LogP contribution in [0, 0.1) is 0 Å². The van der Waals surface area contributed by atoms with Crippen LogP contribution in [0.15, 0.2) is 46.3 Å². The number of halogens is 4. The smallest absolute Gasteiger partial charge is 0.264 e. The highest BCUT2D eigenvalue weighted by atomic mass is 35.5. The van der Waals surface area contributed by atoms with Gasteiger partial charge < -0.3 is 5.32 Å². The van der Waals surface area contributed by atoms with Crippen LogP contribution < -0.4 is 5.32 Å². The molecule has 24 heavy (non-hydrogen) atoms. The van der Waals surface area contributed by atoms with Gasteiger partial charge in [0.15, 0.2) is 5.17 Å². The van der Waals surface area contributed by atoms with Crippen molar-refractivity contribution in [3.05, 3.63) is 67.0 Å². The number of nitrogens with one attached hydrogen (secondary N) is 1. The average Bonchev–Trinajstić information content (AvgIpc) is 2.85. The normalized spacial score (nSPS) is 17.6. The van der Waals surface area contributed by atoms with E-state index in [1.165, 1.54) is 11.8 Å². The zero-order chi connectivity index (χ0) is 17.3. The number of amides is 1. The summed E-state index contributed by atoms with van der Waals surface area (Å²) < 4.78 is 0. The van der Waals surface area contributed by atoms with Gasteiger partial charge in [-0.2, -0.15) is 0 Å². The van der Waals surface area contributed by atoms with Gasteiger partial charge in [-0.3, -0.25) is 4.79 Å². The number of rotatable bonds is 2. The molecule has 0 radical (unpaired) electrons. The van der Waals surface area contributed by atoms with E-state index in [1.54, 1.807) is 42.5 Å². The third-order valence-corrected chi connectivity index (χ3v) is 5.04. The summed E-state index contributed by atoms with van der Waals surface area (Å²) >= 11 is 25.1. The molecular formula is C16H8Cl4N2OS. The fourth-order valence-electron chi connectivity index (χ4n) is 1.92. The van der Waals surface area contributed by atoms with Gasteiger partial charge in [0.2, 0.25) is 0 Å². The summed E-state index contributed by atoms with van der Waals surface area (Å²) in [6.07, 6.45) is 1.69. The molecule has 1 saturated heterocycles. The molecule has 0 saturated carbocycles. The summed E-state index contributed by atoms with van der Waals surface area (Å²) in [5, 5.41) is 5.05. The van der Waals surface area contributed by atoms with Crippen molar-refractivity contribution in [3.8, 4) is 0 Å². The number of nitrogens with zero attached hydrogens (tertiary/aromatic N) is 1. The fraction of sp³-hybridized carbons (Fsp3) is 0. The van der Waals surface area contributed by atoms with Gasteiger partial charge in [-0.1, -0.05) is 52.5 Å². The monoisotopic (exact) mass is 416 g/mol. The second-order valence-corrected chi connectivity index (χ2v) is 7.46. The highest BCUT2D eigenvalue weighted by Crippen LogP contribution is 2.33. The third kappa shape index (κ3) is 4.08. The van der Waals surface area contributed by atoms with Crippen LogP contribution in [0.1, 0.15) is 5.56 Å². The second kappa shape index (κ2) is 7.38. The lowest BCUT2D eigenvalue weighted by atomic mass is 10.2. The van der Waals surface area contributed by atoms with Crippen molar-refractivity contribution in [2.24, 2.45) is 4.99 Å². The molecule has 0 aliphatic carbocycles. The van der Waals surface area contributed by atoms with Gasteiger partial charge in [0.05, 0.1) is 15.6 Å². The van der Waals surface area contributed by atoms with E-state index in [9.17, 15) is 4.79 Å². The number of carbonyl (C=O) groups excluding carboxylic acids is 1. The predicted molar refractivity (Wildman–Crippen MR) is 104 cm³/mol. The van der Waals surface area contributed by atoms with Gasteiger partial charge in [-0.15, -0.1) is 0 Å². The van der Waals surface area contributed by atoms with Crippen molar-refractivity contribution in [3.63, 3.8) is 0 Å². The maximum Gasteiger partial charge on any atom is 0.264 e. The molecule has 8 heteroatoms. The lowest BCUT2D eigenvalue weighted by Gasteiger charge is -2.00. The molecule has 0 atom stereocenters. The minimum Gasteiger partial charge on any atom is -0.300 e. The number of benzene rings is 2. The Bertz CT molecular complexity index is 896. The zero-order valence-electron chi connectivity index (χ0n) is 11.8. The summed E-state index contributed by atoms with van der Waals surface area (Å²) in [5.41, 5.74) is 1.22. The van der Waals surface area contributed by atoms with Gasteiger partial charge in [0.1, 0.15) is 0 Å². The van der Waals surface area contributed by atoms with Crippen LogP contribution in [0.4, 0.5) is 5.69 Å². The van der Waals surface area contributed by atoms with Crippen LogP contribution in [-0.2, 0) is 4.79 Å². The van der Waals surface area contributed by atoms with Crippen LogP contribution in [0.5, 0.6) is 0 Å². The molecular weight excluding hydrogens is 410 g/mol. The Labute approximate surface area is 162 Å². The Morgan fingerprint density at radius 2 is 1.62 bits per heavy atom. The summed E-state index contributed by atoms with van der Waals surface area (Å²) in [6, 6.07) is 10.0. The van der Waals surface area contributed by atoms with Crippen LogP contribution in [0.3, 0.4) is 0 Å². The molecule has 0 unspecified atom stereocenters. The number of hydrogen-bond acceptors (Lipinski definition) is 3. The van der Waals surface area contributed by atoms with Gasteiger partial charge in [-0.05, 0) is 53.7 Å². The lowest BCUT2D eigenvalue weighted by Crippen LogP contribution is -2.19. The molecule has 3 nitrogen and oxygen atoms in total. The number of hydrogen-bond donors (Lipinski definition) is 1. The van der Waals surface area contributed by atoms with Crippen molar-refractivity contribution < 1.29 is 4.79 Å². The van der Waals surface area contributed by atoms with Crippen molar-refractivity contribution in [1.29, 1.82) is 0 Å². The Morgan fingerprint density at radius 1 is 0.958 bits per heavy atom. The van der Waals surface area contributed by atoms with E-state index < -0.39 is 0 Å². The molecule has 1 fully saturated rings. The number of aliphatic imine (C=N–C) groups is 1. The Balaban J connectivity index is 1.88. The van der Waals surface area contributed by atoms with Crippen molar-refractivity contribution in [2.45, 2.75) is 0 Å². The zero-order valence-corrected chi connectivity index (χ0v) is 15.7. The topological polar surface area (TPSA) is 41.5 Å². The quantitative estimate of drug-likeness (QED) is 0.591. The highest BCUT2D eigenvalue weighted by molar-refractivity contribution is 8.18. The Hall–Kier alpha value is -1.17. The molecule has 122 valence electrons. The van der Waals surface area contributed by atoms with Crippen LogP contribution >= 0.6 is 58.2 Å². The van der Waals surface area contributed by atoms with Crippen LogP contribution in [0.2, 0.25) is 20.1 Å². The maximum atomic E-state index is 12.1. The van der Waals surface area contributed by atoms with E-state index in [0.717, 1.165) is 0 Å². The summed E-state index contributed by atoms with van der Waals surface area (Å²) in [6.45, 7) is 0. The molecule has 1 amide bonds. The van der Waals surface area contributed by atoms with Crippen molar-refractivity contribution >= 4 is 81.0 Å². The first kappa shape index (κ1) is 17.6. The van der Waals surface area contributed by atoms with Crippen LogP contribution in [0.25, 0.3) is 6.08 Å². The highest BCUT2D eigenvalue weighted by Gasteiger charge is 2.24.